The molecule has 33 heavy (non-hydrogen) atoms. The zero-order chi connectivity index (χ0) is 24.1. The molecule has 0 aliphatic heterocycles. The van der Waals surface area contributed by atoms with Gasteiger partial charge in [0.05, 0.1) is 18.9 Å². The highest BCUT2D eigenvalue weighted by Crippen LogP contribution is 2.23. The SMILES string of the molecule is COC(=O)c1ccc(NC(=O)C(=O)N/N=C/c2cc(C)n(-c3cc(C)ccc3C)c2C)cc1. The van der Waals surface area contributed by atoms with Crippen LogP contribution in [0.4, 0.5) is 5.69 Å². The van der Waals surface area contributed by atoms with Gasteiger partial charge in [0, 0.05) is 28.3 Å². The minimum absolute atomic E-state index is 0.336. The fourth-order valence-corrected chi connectivity index (χ4v) is 3.46. The molecule has 3 aromatic rings. The van der Waals surface area contributed by atoms with Gasteiger partial charge in [-0.05, 0) is 75.2 Å². The number of methoxy groups -OCH3 is 1. The summed E-state index contributed by atoms with van der Waals surface area (Å²) in [5.41, 5.74) is 9.17. The fraction of sp³-hybridized carbons (Fsp3) is 0.200. The summed E-state index contributed by atoms with van der Waals surface area (Å²) in [6, 6.07) is 14.2. The summed E-state index contributed by atoms with van der Waals surface area (Å²) in [7, 11) is 1.28. The fourth-order valence-electron chi connectivity index (χ4n) is 3.46. The molecule has 2 N–H and O–H groups in total. The lowest BCUT2D eigenvalue weighted by atomic mass is 10.1. The van der Waals surface area contributed by atoms with Crippen molar-refractivity contribution in [2.75, 3.05) is 12.4 Å². The number of amides is 2. The molecule has 8 heteroatoms. The molecular weight excluding hydrogens is 420 g/mol. The summed E-state index contributed by atoms with van der Waals surface area (Å²) < 4.78 is 6.76. The average molecular weight is 447 g/mol. The summed E-state index contributed by atoms with van der Waals surface area (Å²) in [4.78, 5) is 35.7. The van der Waals surface area contributed by atoms with E-state index in [2.05, 4.69) is 50.3 Å². The van der Waals surface area contributed by atoms with Crippen LogP contribution in [0, 0.1) is 27.7 Å². The largest absolute Gasteiger partial charge is 0.465 e. The quantitative estimate of drug-likeness (QED) is 0.271. The molecule has 0 unspecified atom stereocenters. The van der Waals surface area contributed by atoms with Gasteiger partial charge >= 0.3 is 17.8 Å². The van der Waals surface area contributed by atoms with Crippen molar-refractivity contribution in [3.63, 3.8) is 0 Å². The van der Waals surface area contributed by atoms with E-state index in [4.69, 9.17) is 0 Å². The van der Waals surface area contributed by atoms with E-state index >= 15 is 0 Å². The Morgan fingerprint density at radius 3 is 2.30 bits per heavy atom. The molecule has 1 aromatic heterocycles. The number of aromatic nitrogens is 1. The van der Waals surface area contributed by atoms with E-state index in [1.165, 1.54) is 37.6 Å². The number of hydrogen-bond acceptors (Lipinski definition) is 5. The van der Waals surface area contributed by atoms with E-state index in [9.17, 15) is 14.4 Å². The summed E-state index contributed by atoms with van der Waals surface area (Å²) >= 11 is 0. The van der Waals surface area contributed by atoms with Crippen molar-refractivity contribution in [1.82, 2.24) is 9.99 Å². The summed E-state index contributed by atoms with van der Waals surface area (Å²) in [6.07, 6.45) is 1.51. The Morgan fingerprint density at radius 1 is 0.939 bits per heavy atom. The van der Waals surface area contributed by atoms with Gasteiger partial charge in [-0.3, -0.25) is 9.59 Å². The molecule has 0 bridgehead atoms. The van der Waals surface area contributed by atoms with E-state index in [0.717, 1.165) is 33.8 Å². The first-order valence-electron chi connectivity index (χ1n) is 10.3. The van der Waals surface area contributed by atoms with Crippen LogP contribution in [0.3, 0.4) is 0 Å². The average Bonchev–Trinajstić information content (AvgIpc) is 3.08. The first kappa shape index (κ1) is 23.5. The van der Waals surface area contributed by atoms with Gasteiger partial charge in [0.1, 0.15) is 0 Å². The predicted octanol–water partition coefficient (Wildman–Crippen LogP) is 3.59. The van der Waals surface area contributed by atoms with Crippen LogP contribution in [0.5, 0.6) is 0 Å². The van der Waals surface area contributed by atoms with Crippen molar-refractivity contribution in [3.05, 3.63) is 82.2 Å². The first-order valence-corrected chi connectivity index (χ1v) is 10.3. The van der Waals surface area contributed by atoms with Gasteiger partial charge < -0.3 is 14.6 Å². The normalized spacial score (nSPS) is 10.8. The highest BCUT2D eigenvalue weighted by molar-refractivity contribution is 6.39. The minimum Gasteiger partial charge on any atom is -0.465 e. The second kappa shape index (κ2) is 9.95. The Balaban J connectivity index is 1.66. The van der Waals surface area contributed by atoms with E-state index < -0.39 is 17.8 Å². The molecule has 0 fully saturated rings. The van der Waals surface area contributed by atoms with Crippen LogP contribution in [-0.2, 0) is 14.3 Å². The molecule has 2 aromatic carbocycles. The van der Waals surface area contributed by atoms with Crippen molar-refractivity contribution in [1.29, 1.82) is 0 Å². The van der Waals surface area contributed by atoms with Gasteiger partial charge in [0.15, 0.2) is 0 Å². The molecular formula is C25H26N4O4. The third kappa shape index (κ3) is 5.35. The highest BCUT2D eigenvalue weighted by Gasteiger charge is 2.15. The molecule has 3 rings (SSSR count). The Labute approximate surface area is 192 Å². The number of rotatable bonds is 5. The summed E-state index contributed by atoms with van der Waals surface area (Å²) in [5, 5.41) is 6.39. The molecule has 0 saturated heterocycles. The zero-order valence-electron chi connectivity index (χ0n) is 19.2. The lowest BCUT2D eigenvalue weighted by Gasteiger charge is -2.13. The van der Waals surface area contributed by atoms with Crippen LogP contribution in [-0.4, -0.2) is 35.7 Å². The number of hydrogen-bond donors (Lipinski definition) is 2. The molecule has 0 spiro atoms. The molecule has 1 heterocycles. The van der Waals surface area contributed by atoms with Crippen molar-refractivity contribution < 1.29 is 19.1 Å². The van der Waals surface area contributed by atoms with E-state index in [0.29, 0.717) is 11.3 Å². The van der Waals surface area contributed by atoms with Crippen LogP contribution in [0.25, 0.3) is 5.69 Å². The van der Waals surface area contributed by atoms with Gasteiger partial charge in [-0.25, -0.2) is 10.2 Å². The second-order valence-electron chi connectivity index (χ2n) is 7.67. The predicted molar refractivity (Wildman–Crippen MR) is 127 cm³/mol. The second-order valence-corrected chi connectivity index (χ2v) is 7.67. The third-order valence-corrected chi connectivity index (χ3v) is 5.22. The van der Waals surface area contributed by atoms with Crippen molar-refractivity contribution in [3.8, 4) is 5.69 Å². The monoisotopic (exact) mass is 446 g/mol. The molecule has 0 saturated carbocycles. The van der Waals surface area contributed by atoms with Crippen LogP contribution in [0.2, 0.25) is 0 Å². The molecule has 0 aliphatic rings. The number of esters is 1. The van der Waals surface area contributed by atoms with Crippen LogP contribution >= 0.6 is 0 Å². The number of hydrazone groups is 1. The molecule has 170 valence electrons. The molecule has 0 radical (unpaired) electrons. The maximum Gasteiger partial charge on any atom is 0.337 e. The highest BCUT2D eigenvalue weighted by atomic mass is 16.5. The maximum atomic E-state index is 12.1. The maximum absolute atomic E-state index is 12.1. The molecule has 8 nitrogen and oxygen atoms in total. The minimum atomic E-state index is -0.911. The number of benzene rings is 2. The Bertz CT molecular complexity index is 1240. The third-order valence-electron chi connectivity index (χ3n) is 5.22. The van der Waals surface area contributed by atoms with Crippen LogP contribution in [0.15, 0.2) is 53.6 Å². The summed E-state index contributed by atoms with van der Waals surface area (Å²) in [5.74, 6) is -2.28. The number of carbonyl (C=O) groups is 3. The Hall–Kier alpha value is -4.20. The van der Waals surface area contributed by atoms with Gasteiger partial charge in [0.2, 0.25) is 0 Å². The van der Waals surface area contributed by atoms with E-state index in [-0.39, 0.29) is 0 Å². The van der Waals surface area contributed by atoms with Gasteiger partial charge in [-0.2, -0.15) is 5.10 Å². The number of carbonyl (C=O) groups excluding carboxylic acids is 3. The smallest absolute Gasteiger partial charge is 0.337 e. The lowest BCUT2D eigenvalue weighted by molar-refractivity contribution is -0.136. The van der Waals surface area contributed by atoms with Crippen LogP contribution < -0.4 is 10.7 Å². The van der Waals surface area contributed by atoms with Crippen LogP contribution in [0.1, 0.15) is 38.4 Å². The number of nitrogens with one attached hydrogen (secondary N) is 2. The van der Waals surface area contributed by atoms with E-state index in [1.807, 2.05) is 26.8 Å². The standard InChI is InChI=1S/C25H26N4O4/c1-15-6-7-16(2)22(12-15)29-17(3)13-20(18(29)4)14-26-28-24(31)23(30)27-21-10-8-19(9-11-21)25(32)33-5/h6-14H,1-5H3,(H,27,30)(H,28,31)/b26-14+. The number of ether oxygens (including phenoxy) is 1. The van der Waals surface area contributed by atoms with Crippen molar-refractivity contribution in [2.24, 2.45) is 5.10 Å². The van der Waals surface area contributed by atoms with Gasteiger partial charge in [-0.15, -0.1) is 0 Å². The van der Waals surface area contributed by atoms with Gasteiger partial charge in [-0.1, -0.05) is 12.1 Å². The van der Waals surface area contributed by atoms with Crippen molar-refractivity contribution in [2.45, 2.75) is 27.7 Å². The molecule has 2 amide bonds. The Kier molecular flexibility index (Phi) is 7.07. The van der Waals surface area contributed by atoms with Gasteiger partial charge in [0.25, 0.3) is 0 Å². The molecule has 0 atom stereocenters. The van der Waals surface area contributed by atoms with E-state index in [1.54, 1.807) is 0 Å². The number of nitrogens with zero attached hydrogens (tertiary/aromatic N) is 2. The number of anilines is 1. The Morgan fingerprint density at radius 2 is 1.64 bits per heavy atom. The zero-order valence-corrected chi connectivity index (χ0v) is 19.2. The topological polar surface area (TPSA) is 102 Å². The first-order chi connectivity index (χ1) is 15.7. The lowest BCUT2D eigenvalue weighted by Crippen LogP contribution is -2.32. The summed E-state index contributed by atoms with van der Waals surface area (Å²) in [6.45, 7) is 8.09. The molecule has 0 aliphatic carbocycles. The number of aryl methyl sites for hydroxylation is 3. The van der Waals surface area contributed by atoms with Crippen molar-refractivity contribution >= 4 is 29.7 Å².